The molecule has 0 unspecified atom stereocenters. The van der Waals surface area contributed by atoms with Crippen LogP contribution in [0.4, 0.5) is 0 Å². The van der Waals surface area contributed by atoms with Crippen LogP contribution >= 0.6 is 11.3 Å². The van der Waals surface area contributed by atoms with Gasteiger partial charge in [0.2, 0.25) is 0 Å². The Bertz CT molecular complexity index is 343. The van der Waals surface area contributed by atoms with E-state index in [1.54, 1.807) is 11.3 Å². The van der Waals surface area contributed by atoms with Crippen molar-refractivity contribution in [1.82, 2.24) is 5.32 Å². The van der Waals surface area contributed by atoms with E-state index in [0.717, 1.165) is 13.1 Å². The molecule has 0 aromatic carbocycles. The van der Waals surface area contributed by atoms with E-state index < -0.39 is 9.84 Å². The highest BCUT2D eigenvalue weighted by Crippen LogP contribution is 2.07. The van der Waals surface area contributed by atoms with E-state index in [1.807, 2.05) is 11.4 Å². The molecule has 14 heavy (non-hydrogen) atoms. The highest BCUT2D eigenvalue weighted by atomic mass is 32.2. The average molecular weight is 233 g/mol. The van der Waals surface area contributed by atoms with Gasteiger partial charge in [0.25, 0.3) is 0 Å². The van der Waals surface area contributed by atoms with Gasteiger partial charge in [-0.3, -0.25) is 0 Å². The lowest BCUT2D eigenvalue weighted by Crippen LogP contribution is -2.17. The number of nitrogens with one attached hydrogen (secondary N) is 1. The molecule has 0 aliphatic heterocycles. The minimum Gasteiger partial charge on any atom is -0.312 e. The summed E-state index contributed by atoms with van der Waals surface area (Å²) in [5.74, 6) is 0.268. The molecule has 3 nitrogen and oxygen atoms in total. The number of hydrogen-bond acceptors (Lipinski definition) is 4. The van der Waals surface area contributed by atoms with Crippen molar-refractivity contribution in [3.05, 3.63) is 22.4 Å². The summed E-state index contributed by atoms with van der Waals surface area (Å²) in [4.78, 5) is 1.28. The Morgan fingerprint density at radius 3 is 2.86 bits per heavy atom. The molecule has 0 fully saturated rings. The second-order valence-corrected chi connectivity index (χ2v) is 6.53. The summed E-state index contributed by atoms with van der Waals surface area (Å²) in [6.45, 7) is 1.59. The van der Waals surface area contributed by atoms with Crippen LogP contribution in [0, 0.1) is 0 Å². The lowest BCUT2D eigenvalue weighted by molar-refractivity contribution is 0.594. The summed E-state index contributed by atoms with van der Waals surface area (Å²) in [6.07, 6.45) is 1.95. The predicted octanol–water partition coefficient (Wildman–Crippen LogP) is 1.27. The zero-order valence-corrected chi connectivity index (χ0v) is 9.83. The van der Waals surface area contributed by atoms with Crippen LogP contribution < -0.4 is 5.32 Å². The molecule has 1 aromatic rings. The molecule has 80 valence electrons. The zero-order valence-electron chi connectivity index (χ0n) is 8.19. The van der Waals surface area contributed by atoms with Gasteiger partial charge in [0.15, 0.2) is 0 Å². The Labute approximate surface area is 89.1 Å². The molecule has 0 saturated heterocycles. The molecule has 1 heterocycles. The van der Waals surface area contributed by atoms with Crippen molar-refractivity contribution in [3.8, 4) is 0 Å². The van der Waals surface area contributed by atoms with Gasteiger partial charge >= 0.3 is 0 Å². The molecule has 1 rings (SSSR count). The summed E-state index contributed by atoms with van der Waals surface area (Å²) < 4.78 is 21.6. The Balaban J connectivity index is 2.06. The van der Waals surface area contributed by atoms with Crippen LogP contribution in [0.3, 0.4) is 0 Å². The molecule has 0 atom stereocenters. The van der Waals surface area contributed by atoms with E-state index in [4.69, 9.17) is 0 Å². The topological polar surface area (TPSA) is 46.2 Å². The van der Waals surface area contributed by atoms with Gasteiger partial charge in [-0.2, -0.15) is 0 Å². The molecule has 0 amide bonds. The summed E-state index contributed by atoms with van der Waals surface area (Å²) in [7, 11) is -2.80. The van der Waals surface area contributed by atoms with Crippen LogP contribution in [0.5, 0.6) is 0 Å². The fourth-order valence-corrected chi connectivity index (χ4v) is 2.43. The van der Waals surface area contributed by atoms with Crippen LogP contribution in [-0.2, 0) is 16.4 Å². The zero-order chi connectivity index (χ0) is 10.4. The number of sulfone groups is 1. The van der Waals surface area contributed by atoms with E-state index in [-0.39, 0.29) is 5.75 Å². The lowest BCUT2D eigenvalue weighted by atomic mass is 10.4. The van der Waals surface area contributed by atoms with Crippen molar-refractivity contribution in [2.45, 2.75) is 13.0 Å². The quantitative estimate of drug-likeness (QED) is 0.753. The molecular weight excluding hydrogens is 218 g/mol. The Morgan fingerprint density at radius 2 is 2.29 bits per heavy atom. The van der Waals surface area contributed by atoms with Crippen molar-refractivity contribution in [2.75, 3.05) is 18.6 Å². The second kappa shape index (κ2) is 5.48. The monoisotopic (exact) mass is 233 g/mol. The smallest absolute Gasteiger partial charge is 0.147 e. The third-order valence-corrected chi connectivity index (χ3v) is 3.65. The van der Waals surface area contributed by atoms with Crippen molar-refractivity contribution in [3.63, 3.8) is 0 Å². The Morgan fingerprint density at radius 1 is 1.50 bits per heavy atom. The molecule has 5 heteroatoms. The van der Waals surface area contributed by atoms with Crippen molar-refractivity contribution < 1.29 is 8.42 Å². The molecule has 0 bridgehead atoms. The van der Waals surface area contributed by atoms with Crippen LogP contribution in [0.1, 0.15) is 11.3 Å². The van der Waals surface area contributed by atoms with Gasteiger partial charge in [-0.25, -0.2) is 8.42 Å². The highest BCUT2D eigenvalue weighted by molar-refractivity contribution is 7.90. The molecule has 0 saturated carbocycles. The largest absolute Gasteiger partial charge is 0.312 e. The predicted molar refractivity (Wildman–Crippen MR) is 60.4 cm³/mol. The maximum atomic E-state index is 10.8. The van der Waals surface area contributed by atoms with E-state index in [1.165, 1.54) is 11.1 Å². The third-order valence-electron chi connectivity index (χ3n) is 1.75. The molecular formula is C9H15NO2S2. The highest BCUT2D eigenvalue weighted by Gasteiger charge is 2.00. The molecule has 0 aliphatic carbocycles. The van der Waals surface area contributed by atoms with Crippen LogP contribution in [0.15, 0.2) is 17.5 Å². The van der Waals surface area contributed by atoms with Gasteiger partial charge < -0.3 is 5.32 Å². The first-order chi connectivity index (χ1) is 6.58. The molecule has 0 radical (unpaired) electrons. The maximum absolute atomic E-state index is 10.8. The first kappa shape index (κ1) is 11.7. The van der Waals surface area contributed by atoms with Gasteiger partial charge in [-0.1, -0.05) is 6.07 Å². The molecule has 0 aliphatic rings. The first-order valence-corrected chi connectivity index (χ1v) is 7.43. The Kier molecular flexibility index (Phi) is 4.57. The standard InChI is InChI=1S/C9H15NO2S2/c1-14(11,12)7-3-5-10-8-9-4-2-6-13-9/h2,4,6,10H,3,5,7-8H2,1H3. The van der Waals surface area contributed by atoms with Gasteiger partial charge in [0.05, 0.1) is 5.75 Å². The minimum atomic E-state index is -2.80. The van der Waals surface area contributed by atoms with Crippen LogP contribution in [-0.4, -0.2) is 27.0 Å². The van der Waals surface area contributed by atoms with Gasteiger partial charge in [-0.15, -0.1) is 11.3 Å². The average Bonchev–Trinajstić information content (AvgIpc) is 2.54. The summed E-state index contributed by atoms with van der Waals surface area (Å²) in [5, 5.41) is 5.24. The lowest BCUT2D eigenvalue weighted by Gasteiger charge is -2.01. The Hall–Kier alpha value is -0.390. The number of thiophene rings is 1. The maximum Gasteiger partial charge on any atom is 0.147 e. The summed E-state index contributed by atoms with van der Waals surface area (Å²) >= 11 is 1.71. The van der Waals surface area contributed by atoms with Gasteiger partial charge in [0, 0.05) is 17.7 Å². The van der Waals surface area contributed by atoms with E-state index >= 15 is 0 Å². The molecule has 0 spiro atoms. The van der Waals surface area contributed by atoms with Gasteiger partial charge in [-0.05, 0) is 24.4 Å². The van der Waals surface area contributed by atoms with Crippen molar-refractivity contribution in [2.24, 2.45) is 0 Å². The van der Waals surface area contributed by atoms with E-state index in [2.05, 4.69) is 11.4 Å². The summed E-state index contributed by atoms with van der Waals surface area (Å²) in [5.41, 5.74) is 0. The normalized spacial score (nSPS) is 11.8. The molecule has 1 aromatic heterocycles. The SMILES string of the molecule is CS(=O)(=O)CCCNCc1cccs1. The van der Waals surface area contributed by atoms with Gasteiger partial charge in [0.1, 0.15) is 9.84 Å². The van der Waals surface area contributed by atoms with E-state index in [0.29, 0.717) is 6.42 Å². The first-order valence-electron chi connectivity index (χ1n) is 4.49. The van der Waals surface area contributed by atoms with E-state index in [9.17, 15) is 8.42 Å². The fourth-order valence-electron chi connectivity index (χ4n) is 1.08. The number of rotatable bonds is 6. The van der Waals surface area contributed by atoms with Crippen LogP contribution in [0.25, 0.3) is 0 Å². The van der Waals surface area contributed by atoms with Crippen LogP contribution in [0.2, 0.25) is 0 Å². The number of hydrogen-bond donors (Lipinski definition) is 1. The van der Waals surface area contributed by atoms with Crippen molar-refractivity contribution in [1.29, 1.82) is 0 Å². The second-order valence-electron chi connectivity index (χ2n) is 3.24. The summed E-state index contributed by atoms with van der Waals surface area (Å²) in [6, 6.07) is 4.08. The molecule has 1 N–H and O–H groups in total. The third kappa shape index (κ3) is 5.36. The van der Waals surface area contributed by atoms with Crippen molar-refractivity contribution >= 4 is 21.2 Å². The fraction of sp³-hybridized carbons (Fsp3) is 0.556. The minimum absolute atomic E-state index is 0.268.